The lowest BCUT2D eigenvalue weighted by molar-refractivity contribution is -0.110. The SMILES string of the molecule is CC(C=O)n1cnc2ccccc21. The molecule has 0 aliphatic rings. The van der Waals surface area contributed by atoms with Crippen LogP contribution < -0.4 is 0 Å². The zero-order valence-corrected chi connectivity index (χ0v) is 7.34. The van der Waals surface area contributed by atoms with Gasteiger partial charge in [-0.15, -0.1) is 0 Å². The highest BCUT2D eigenvalue weighted by Gasteiger charge is 2.06. The number of fused-ring (bicyclic) bond motifs is 1. The first-order valence-electron chi connectivity index (χ1n) is 4.20. The fourth-order valence-corrected chi connectivity index (χ4v) is 1.37. The van der Waals surface area contributed by atoms with Gasteiger partial charge in [-0.1, -0.05) is 12.1 Å². The van der Waals surface area contributed by atoms with E-state index in [9.17, 15) is 4.79 Å². The van der Waals surface area contributed by atoms with Crippen molar-refractivity contribution in [3.8, 4) is 0 Å². The zero-order valence-electron chi connectivity index (χ0n) is 7.34. The van der Waals surface area contributed by atoms with Crippen LogP contribution in [0.15, 0.2) is 30.6 Å². The summed E-state index contributed by atoms with van der Waals surface area (Å²) in [7, 11) is 0. The molecule has 0 radical (unpaired) electrons. The lowest BCUT2D eigenvalue weighted by atomic mass is 10.3. The van der Waals surface area contributed by atoms with Crippen molar-refractivity contribution in [3.63, 3.8) is 0 Å². The summed E-state index contributed by atoms with van der Waals surface area (Å²) in [5, 5.41) is 0. The van der Waals surface area contributed by atoms with E-state index >= 15 is 0 Å². The van der Waals surface area contributed by atoms with Crippen LogP contribution >= 0.6 is 0 Å². The summed E-state index contributed by atoms with van der Waals surface area (Å²) in [5.74, 6) is 0. The summed E-state index contributed by atoms with van der Waals surface area (Å²) in [4.78, 5) is 14.8. The Hall–Kier alpha value is -1.64. The second-order valence-corrected chi connectivity index (χ2v) is 3.02. The van der Waals surface area contributed by atoms with Gasteiger partial charge in [0, 0.05) is 0 Å². The minimum absolute atomic E-state index is 0.146. The topological polar surface area (TPSA) is 34.9 Å². The number of aldehydes is 1. The normalized spacial score (nSPS) is 13.0. The summed E-state index contributed by atoms with van der Waals surface area (Å²) in [6.07, 6.45) is 2.61. The third kappa shape index (κ3) is 1.22. The fourth-order valence-electron chi connectivity index (χ4n) is 1.37. The third-order valence-electron chi connectivity index (χ3n) is 2.12. The van der Waals surface area contributed by atoms with Gasteiger partial charge in [0.05, 0.1) is 23.4 Å². The van der Waals surface area contributed by atoms with E-state index in [1.54, 1.807) is 6.33 Å². The molecule has 1 atom stereocenters. The number of imidazole rings is 1. The average Bonchev–Trinajstić information content (AvgIpc) is 2.60. The molecule has 1 unspecified atom stereocenters. The summed E-state index contributed by atoms with van der Waals surface area (Å²) in [6, 6.07) is 7.63. The van der Waals surface area contributed by atoms with Crippen molar-refractivity contribution in [1.82, 2.24) is 9.55 Å². The predicted octanol–water partition coefficient (Wildman–Crippen LogP) is 1.80. The van der Waals surface area contributed by atoms with Crippen LogP contribution in [0.1, 0.15) is 13.0 Å². The minimum Gasteiger partial charge on any atom is -0.321 e. The van der Waals surface area contributed by atoms with E-state index < -0.39 is 0 Å². The van der Waals surface area contributed by atoms with Crippen molar-refractivity contribution in [2.75, 3.05) is 0 Å². The second kappa shape index (κ2) is 3.01. The molecule has 0 saturated heterocycles. The number of hydrogen-bond donors (Lipinski definition) is 0. The molecule has 0 fully saturated rings. The lowest BCUT2D eigenvalue weighted by Gasteiger charge is -2.05. The molecule has 0 saturated carbocycles. The molecule has 1 aromatic carbocycles. The van der Waals surface area contributed by atoms with Crippen molar-refractivity contribution in [3.05, 3.63) is 30.6 Å². The summed E-state index contributed by atoms with van der Waals surface area (Å²) >= 11 is 0. The van der Waals surface area contributed by atoms with Crippen LogP contribution in [0.25, 0.3) is 11.0 Å². The Labute approximate surface area is 76.0 Å². The van der Waals surface area contributed by atoms with Crippen LogP contribution in [0.3, 0.4) is 0 Å². The molecule has 66 valence electrons. The van der Waals surface area contributed by atoms with E-state index in [0.29, 0.717) is 0 Å². The van der Waals surface area contributed by atoms with Gasteiger partial charge in [0.2, 0.25) is 0 Å². The summed E-state index contributed by atoms with van der Waals surface area (Å²) < 4.78 is 1.86. The average molecular weight is 174 g/mol. The predicted molar refractivity (Wildman–Crippen MR) is 50.5 cm³/mol. The van der Waals surface area contributed by atoms with Gasteiger partial charge in [-0.25, -0.2) is 4.98 Å². The number of aromatic nitrogens is 2. The molecule has 3 heteroatoms. The van der Waals surface area contributed by atoms with Gasteiger partial charge in [-0.3, -0.25) is 0 Å². The molecule has 2 aromatic rings. The molecule has 0 aliphatic heterocycles. The number of benzene rings is 1. The van der Waals surface area contributed by atoms with Crippen molar-refractivity contribution < 1.29 is 4.79 Å². The first kappa shape index (κ1) is 7.98. The highest BCUT2D eigenvalue weighted by Crippen LogP contribution is 2.15. The van der Waals surface area contributed by atoms with E-state index in [-0.39, 0.29) is 6.04 Å². The quantitative estimate of drug-likeness (QED) is 0.650. The van der Waals surface area contributed by atoms with Crippen LogP contribution in [0.4, 0.5) is 0 Å². The molecule has 0 bridgehead atoms. The Bertz CT molecular complexity index is 433. The number of nitrogens with zero attached hydrogens (tertiary/aromatic N) is 2. The van der Waals surface area contributed by atoms with E-state index in [0.717, 1.165) is 17.3 Å². The molecule has 0 amide bonds. The van der Waals surface area contributed by atoms with Gasteiger partial charge in [0.1, 0.15) is 6.29 Å². The van der Waals surface area contributed by atoms with Crippen molar-refractivity contribution in [1.29, 1.82) is 0 Å². The van der Waals surface area contributed by atoms with Crippen LogP contribution in [0.5, 0.6) is 0 Å². The number of carbonyl (C=O) groups is 1. The van der Waals surface area contributed by atoms with Crippen LogP contribution in [0.2, 0.25) is 0 Å². The Kier molecular flexibility index (Phi) is 1.85. The Morgan fingerprint density at radius 1 is 1.46 bits per heavy atom. The molecule has 3 nitrogen and oxygen atoms in total. The van der Waals surface area contributed by atoms with Gasteiger partial charge >= 0.3 is 0 Å². The van der Waals surface area contributed by atoms with Crippen molar-refractivity contribution in [2.24, 2.45) is 0 Å². The largest absolute Gasteiger partial charge is 0.321 e. The van der Waals surface area contributed by atoms with Gasteiger partial charge in [-0.05, 0) is 19.1 Å². The molecule has 0 N–H and O–H groups in total. The molecule has 0 spiro atoms. The van der Waals surface area contributed by atoms with Crippen LogP contribution in [-0.4, -0.2) is 15.8 Å². The maximum absolute atomic E-state index is 10.6. The molecule has 0 aliphatic carbocycles. The van der Waals surface area contributed by atoms with Gasteiger partial charge in [0.15, 0.2) is 0 Å². The molecule has 1 heterocycles. The molecule has 1 aromatic heterocycles. The number of para-hydroxylation sites is 2. The maximum Gasteiger partial charge on any atom is 0.142 e. The number of carbonyl (C=O) groups excluding carboxylic acids is 1. The standard InChI is InChI=1S/C10H10N2O/c1-8(6-13)12-7-11-9-4-2-3-5-10(9)12/h2-8H,1H3. The monoisotopic (exact) mass is 174 g/mol. The molecular formula is C10H10N2O. The van der Waals surface area contributed by atoms with Crippen LogP contribution in [-0.2, 0) is 4.79 Å². The second-order valence-electron chi connectivity index (χ2n) is 3.02. The molecule has 2 rings (SSSR count). The van der Waals surface area contributed by atoms with Crippen molar-refractivity contribution in [2.45, 2.75) is 13.0 Å². The van der Waals surface area contributed by atoms with Crippen molar-refractivity contribution >= 4 is 17.3 Å². The minimum atomic E-state index is -0.146. The molecular weight excluding hydrogens is 164 g/mol. The summed E-state index contributed by atoms with van der Waals surface area (Å²) in [5.41, 5.74) is 1.93. The highest BCUT2D eigenvalue weighted by atomic mass is 16.1. The highest BCUT2D eigenvalue weighted by molar-refractivity contribution is 5.76. The number of rotatable bonds is 2. The Morgan fingerprint density at radius 3 is 3.00 bits per heavy atom. The van der Waals surface area contributed by atoms with E-state index in [4.69, 9.17) is 0 Å². The zero-order chi connectivity index (χ0) is 9.26. The van der Waals surface area contributed by atoms with Crippen LogP contribution in [0, 0.1) is 0 Å². The van der Waals surface area contributed by atoms with Gasteiger partial charge in [0.25, 0.3) is 0 Å². The van der Waals surface area contributed by atoms with E-state index in [1.165, 1.54) is 0 Å². The Balaban J connectivity index is 2.64. The fraction of sp³-hybridized carbons (Fsp3) is 0.200. The lowest BCUT2D eigenvalue weighted by Crippen LogP contribution is -2.03. The molecule has 13 heavy (non-hydrogen) atoms. The van der Waals surface area contributed by atoms with Gasteiger partial charge < -0.3 is 9.36 Å². The summed E-state index contributed by atoms with van der Waals surface area (Å²) in [6.45, 7) is 1.85. The van der Waals surface area contributed by atoms with E-state index in [1.807, 2.05) is 35.8 Å². The maximum atomic E-state index is 10.6. The number of hydrogen-bond acceptors (Lipinski definition) is 2. The first-order chi connectivity index (χ1) is 6.33. The Morgan fingerprint density at radius 2 is 2.23 bits per heavy atom. The van der Waals surface area contributed by atoms with Gasteiger partial charge in [-0.2, -0.15) is 0 Å². The third-order valence-corrected chi connectivity index (χ3v) is 2.12. The smallest absolute Gasteiger partial charge is 0.142 e. The van der Waals surface area contributed by atoms with E-state index in [2.05, 4.69) is 4.98 Å². The first-order valence-corrected chi connectivity index (χ1v) is 4.20.